The van der Waals surface area contributed by atoms with E-state index in [0.717, 1.165) is 16.1 Å². The molecule has 0 aliphatic heterocycles. The number of anilines is 1. The van der Waals surface area contributed by atoms with E-state index in [1.165, 1.54) is 24.9 Å². The van der Waals surface area contributed by atoms with E-state index in [2.05, 4.69) is 10.1 Å². The Labute approximate surface area is 159 Å². The van der Waals surface area contributed by atoms with E-state index in [-0.39, 0.29) is 23.2 Å². The molecule has 140 valence electrons. The number of methoxy groups -OCH3 is 1. The maximum atomic E-state index is 12.3. The molecule has 0 fully saturated rings. The van der Waals surface area contributed by atoms with Crippen molar-refractivity contribution < 1.29 is 23.0 Å². The van der Waals surface area contributed by atoms with Crippen molar-refractivity contribution in [2.75, 3.05) is 24.4 Å². The molecule has 0 heterocycles. The lowest BCUT2D eigenvalue weighted by atomic mass is 10.2. The molecular weight excluding hydrogens is 380 g/mol. The largest absolute Gasteiger partial charge is 0.493 e. The zero-order chi connectivity index (χ0) is 18.9. The number of rotatable bonds is 9. The molecule has 0 saturated carbocycles. The van der Waals surface area contributed by atoms with Crippen LogP contribution in [0.4, 0.5) is 14.5 Å². The molecule has 0 aliphatic rings. The summed E-state index contributed by atoms with van der Waals surface area (Å²) in [6.45, 7) is -2.91. The SMILES string of the molecule is COc1cc(CSCC(=O)Nc2ccccc2SC)ccc1OC(F)F. The minimum absolute atomic E-state index is 0.0114. The first-order valence-corrected chi connectivity index (χ1v) is 10.0. The third-order valence-corrected chi connectivity index (χ3v) is 5.13. The number of benzene rings is 2. The molecule has 0 aromatic heterocycles. The summed E-state index contributed by atoms with van der Waals surface area (Å²) in [5.41, 5.74) is 1.64. The molecule has 0 radical (unpaired) electrons. The molecule has 1 N–H and O–H groups in total. The van der Waals surface area contributed by atoms with Crippen molar-refractivity contribution in [1.82, 2.24) is 0 Å². The number of hydrogen-bond donors (Lipinski definition) is 1. The van der Waals surface area contributed by atoms with Crippen LogP contribution in [0.1, 0.15) is 5.56 Å². The Kier molecular flexibility index (Phi) is 8.06. The summed E-state index contributed by atoms with van der Waals surface area (Å²) in [6.07, 6.45) is 1.95. The zero-order valence-electron chi connectivity index (χ0n) is 14.3. The van der Waals surface area contributed by atoms with Crippen molar-refractivity contribution in [2.45, 2.75) is 17.3 Å². The van der Waals surface area contributed by atoms with Gasteiger partial charge in [0.05, 0.1) is 18.6 Å². The van der Waals surface area contributed by atoms with Crippen molar-refractivity contribution in [3.63, 3.8) is 0 Å². The highest BCUT2D eigenvalue weighted by atomic mass is 32.2. The molecule has 0 saturated heterocycles. The summed E-state index contributed by atoms with van der Waals surface area (Å²) in [5.74, 6) is 0.953. The van der Waals surface area contributed by atoms with Crippen molar-refractivity contribution in [1.29, 1.82) is 0 Å². The Hall–Kier alpha value is -1.93. The van der Waals surface area contributed by atoms with Gasteiger partial charge in [0.25, 0.3) is 0 Å². The second-order valence-corrected chi connectivity index (χ2v) is 6.94. The summed E-state index contributed by atoms with van der Waals surface area (Å²) < 4.78 is 34.1. The number of amides is 1. The Bertz CT molecular complexity index is 744. The van der Waals surface area contributed by atoms with Gasteiger partial charge >= 0.3 is 6.61 Å². The van der Waals surface area contributed by atoms with E-state index in [0.29, 0.717) is 5.75 Å². The third kappa shape index (κ3) is 6.10. The Morgan fingerprint density at radius 1 is 1.19 bits per heavy atom. The second-order valence-electron chi connectivity index (χ2n) is 5.10. The average molecular weight is 399 g/mol. The van der Waals surface area contributed by atoms with Crippen molar-refractivity contribution in [3.8, 4) is 11.5 Å². The lowest BCUT2D eigenvalue weighted by Crippen LogP contribution is -2.14. The van der Waals surface area contributed by atoms with Gasteiger partial charge < -0.3 is 14.8 Å². The molecule has 0 unspecified atom stereocenters. The zero-order valence-corrected chi connectivity index (χ0v) is 16.0. The Morgan fingerprint density at radius 3 is 2.65 bits per heavy atom. The van der Waals surface area contributed by atoms with Crippen LogP contribution in [0.25, 0.3) is 0 Å². The number of thioether (sulfide) groups is 2. The summed E-state index contributed by atoms with van der Waals surface area (Å²) in [7, 11) is 1.39. The van der Waals surface area contributed by atoms with Gasteiger partial charge in [0, 0.05) is 10.6 Å². The summed E-state index contributed by atoms with van der Waals surface area (Å²) in [5, 5.41) is 2.89. The van der Waals surface area contributed by atoms with Crippen LogP contribution >= 0.6 is 23.5 Å². The lowest BCUT2D eigenvalue weighted by molar-refractivity contribution is -0.113. The average Bonchev–Trinajstić information content (AvgIpc) is 2.62. The monoisotopic (exact) mass is 399 g/mol. The number of halogens is 2. The summed E-state index contributed by atoms with van der Waals surface area (Å²) >= 11 is 2.99. The molecule has 2 rings (SSSR count). The van der Waals surface area contributed by atoms with E-state index in [1.807, 2.05) is 30.5 Å². The van der Waals surface area contributed by atoms with Gasteiger partial charge in [0.15, 0.2) is 11.5 Å². The molecule has 1 amide bonds. The van der Waals surface area contributed by atoms with Crippen LogP contribution in [-0.4, -0.2) is 31.6 Å². The predicted octanol–water partition coefficient (Wildman–Crippen LogP) is 4.89. The van der Waals surface area contributed by atoms with Crippen molar-refractivity contribution >= 4 is 35.1 Å². The van der Waals surface area contributed by atoms with E-state index >= 15 is 0 Å². The van der Waals surface area contributed by atoms with Gasteiger partial charge in [0.2, 0.25) is 5.91 Å². The van der Waals surface area contributed by atoms with Crippen LogP contribution in [0.5, 0.6) is 11.5 Å². The van der Waals surface area contributed by atoms with Gasteiger partial charge in [-0.1, -0.05) is 18.2 Å². The van der Waals surface area contributed by atoms with Crippen LogP contribution in [0, 0.1) is 0 Å². The lowest BCUT2D eigenvalue weighted by Gasteiger charge is -2.11. The number of ether oxygens (including phenoxy) is 2. The highest BCUT2D eigenvalue weighted by Crippen LogP contribution is 2.31. The standard InChI is InChI=1S/C18H19F2NO3S2/c1-23-15-9-12(7-8-14(15)24-18(19)20)10-26-11-17(22)21-13-5-3-4-6-16(13)25-2/h3-9,18H,10-11H2,1-2H3,(H,21,22). The molecular formula is C18H19F2NO3S2. The molecule has 4 nitrogen and oxygen atoms in total. The van der Waals surface area contributed by atoms with Gasteiger partial charge in [-0.2, -0.15) is 8.78 Å². The normalized spacial score (nSPS) is 10.7. The molecule has 26 heavy (non-hydrogen) atoms. The maximum Gasteiger partial charge on any atom is 0.387 e. The number of carbonyl (C=O) groups is 1. The first-order valence-electron chi connectivity index (χ1n) is 7.65. The molecule has 8 heteroatoms. The molecule has 2 aromatic carbocycles. The topological polar surface area (TPSA) is 47.6 Å². The van der Waals surface area contributed by atoms with Crippen LogP contribution in [0.2, 0.25) is 0 Å². The quantitative estimate of drug-likeness (QED) is 0.609. The van der Waals surface area contributed by atoms with Gasteiger partial charge in [-0.05, 0) is 36.1 Å². The van der Waals surface area contributed by atoms with E-state index < -0.39 is 6.61 Å². The maximum absolute atomic E-state index is 12.3. The van der Waals surface area contributed by atoms with Crippen LogP contribution < -0.4 is 14.8 Å². The van der Waals surface area contributed by atoms with E-state index in [4.69, 9.17) is 4.74 Å². The number of para-hydroxylation sites is 1. The minimum Gasteiger partial charge on any atom is -0.493 e. The van der Waals surface area contributed by atoms with Crippen LogP contribution in [0.15, 0.2) is 47.4 Å². The molecule has 0 atom stereocenters. The van der Waals surface area contributed by atoms with Gasteiger partial charge in [-0.25, -0.2) is 0 Å². The minimum atomic E-state index is -2.91. The second kappa shape index (κ2) is 10.3. The van der Waals surface area contributed by atoms with E-state index in [9.17, 15) is 13.6 Å². The summed E-state index contributed by atoms with van der Waals surface area (Å²) in [4.78, 5) is 13.1. The molecule has 0 aliphatic carbocycles. The highest BCUT2D eigenvalue weighted by Gasteiger charge is 2.12. The number of alkyl halides is 2. The highest BCUT2D eigenvalue weighted by molar-refractivity contribution is 7.99. The molecule has 0 bridgehead atoms. The first-order chi connectivity index (χ1) is 12.5. The molecule has 0 spiro atoms. The van der Waals surface area contributed by atoms with Gasteiger partial charge in [-0.15, -0.1) is 23.5 Å². The van der Waals surface area contributed by atoms with Crippen LogP contribution in [-0.2, 0) is 10.5 Å². The number of hydrogen-bond acceptors (Lipinski definition) is 5. The fourth-order valence-corrected chi connectivity index (χ4v) is 3.52. The Morgan fingerprint density at radius 2 is 1.96 bits per heavy atom. The summed E-state index contributed by atoms with van der Waals surface area (Å²) in [6, 6.07) is 12.3. The van der Waals surface area contributed by atoms with Crippen molar-refractivity contribution in [3.05, 3.63) is 48.0 Å². The Balaban J connectivity index is 1.88. The smallest absolute Gasteiger partial charge is 0.387 e. The third-order valence-electron chi connectivity index (χ3n) is 3.33. The fourth-order valence-electron chi connectivity index (χ4n) is 2.19. The van der Waals surface area contributed by atoms with Crippen molar-refractivity contribution in [2.24, 2.45) is 0 Å². The number of carbonyl (C=O) groups excluding carboxylic acids is 1. The van der Waals surface area contributed by atoms with Gasteiger partial charge in [-0.3, -0.25) is 4.79 Å². The predicted molar refractivity (Wildman–Crippen MR) is 103 cm³/mol. The van der Waals surface area contributed by atoms with Gasteiger partial charge in [0.1, 0.15) is 0 Å². The van der Waals surface area contributed by atoms with Crippen LogP contribution in [0.3, 0.4) is 0 Å². The fraction of sp³-hybridized carbons (Fsp3) is 0.278. The first kappa shape index (κ1) is 20.4. The molecule has 2 aromatic rings. The van der Waals surface area contributed by atoms with E-state index in [1.54, 1.807) is 23.9 Å². The number of nitrogens with one attached hydrogen (secondary N) is 1.